The smallest absolute Gasteiger partial charge is 0.0471 e. The fourth-order valence-electron chi connectivity index (χ4n) is 2.10. The van der Waals surface area contributed by atoms with Gasteiger partial charge in [-0.3, -0.25) is 0 Å². The van der Waals surface area contributed by atoms with Crippen LogP contribution in [0.25, 0.3) is 0 Å². The lowest BCUT2D eigenvalue weighted by Crippen LogP contribution is -2.03. The van der Waals surface area contributed by atoms with Crippen LogP contribution in [-0.2, 0) is 4.74 Å². The molecule has 0 radical (unpaired) electrons. The Morgan fingerprint density at radius 1 is 0.800 bits per heavy atom. The van der Waals surface area contributed by atoms with Gasteiger partial charge in [0, 0.05) is 13.2 Å². The molecular formula is C14H26O. The van der Waals surface area contributed by atoms with Crippen molar-refractivity contribution in [3.8, 4) is 0 Å². The minimum absolute atomic E-state index is 0.668. The van der Waals surface area contributed by atoms with E-state index in [-0.39, 0.29) is 0 Å². The number of rotatable bonds is 8. The van der Waals surface area contributed by atoms with Crippen LogP contribution in [0.3, 0.4) is 0 Å². The lowest BCUT2D eigenvalue weighted by molar-refractivity contribution is 0.114. The highest BCUT2D eigenvalue weighted by Crippen LogP contribution is 2.49. The van der Waals surface area contributed by atoms with Crippen molar-refractivity contribution in [1.82, 2.24) is 0 Å². The van der Waals surface area contributed by atoms with Crippen LogP contribution in [0.1, 0.15) is 65.2 Å². The molecule has 88 valence electrons. The molecule has 0 atom stereocenters. The maximum atomic E-state index is 5.68. The van der Waals surface area contributed by atoms with E-state index in [0.29, 0.717) is 5.41 Å². The van der Waals surface area contributed by atoms with E-state index >= 15 is 0 Å². The van der Waals surface area contributed by atoms with Gasteiger partial charge in [0.05, 0.1) is 0 Å². The summed E-state index contributed by atoms with van der Waals surface area (Å²) in [5.74, 6) is 0. The summed E-state index contributed by atoms with van der Waals surface area (Å²) in [6, 6.07) is 0. The molecule has 2 fully saturated rings. The van der Waals surface area contributed by atoms with Crippen molar-refractivity contribution >= 4 is 0 Å². The van der Waals surface area contributed by atoms with Gasteiger partial charge in [0.15, 0.2) is 0 Å². The van der Waals surface area contributed by atoms with Crippen molar-refractivity contribution in [3.63, 3.8) is 0 Å². The van der Waals surface area contributed by atoms with Crippen molar-refractivity contribution in [1.29, 1.82) is 0 Å². The lowest BCUT2D eigenvalue weighted by Gasteiger charge is -2.10. The molecule has 0 saturated heterocycles. The molecule has 0 aromatic rings. The highest BCUT2D eigenvalue weighted by Gasteiger charge is 2.36. The first-order chi connectivity index (χ1) is 7.12. The summed E-state index contributed by atoms with van der Waals surface area (Å²) in [4.78, 5) is 0. The quantitative estimate of drug-likeness (QED) is 0.546. The summed E-state index contributed by atoms with van der Waals surface area (Å²) >= 11 is 0. The van der Waals surface area contributed by atoms with E-state index in [4.69, 9.17) is 4.74 Å². The number of hydrogen-bond donors (Lipinski definition) is 0. The first-order valence-electron chi connectivity index (χ1n) is 6.70. The number of ether oxygens (including phenoxy) is 1. The first-order valence-corrected chi connectivity index (χ1v) is 6.70. The van der Waals surface area contributed by atoms with Crippen LogP contribution in [0.15, 0.2) is 0 Å². The maximum absolute atomic E-state index is 5.68. The second kappa shape index (κ2) is 4.45. The molecule has 0 unspecified atom stereocenters. The van der Waals surface area contributed by atoms with Crippen molar-refractivity contribution in [2.45, 2.75) is 65.2 Å². The topological polar surface area (TPSA) is 9.23 Å². The lowest BCUT2D eigenvalue weighted by atomic mass is 10.0. The van der Waals surface area contributed by atoms with Crippen LogP contribution in [0.4, 0.5) is 0 Å². The summed E-state index contributed by atoms with van der Waals surface area (Å²) in [6.45, 7) is 6.78. The Morgan fingerprint density at radius 2 is 1.40 bits per heavy atom. The molecule has 2 aliphatic rings. The van der Waals surface area contributed by atoms with Gasteiger partial charge in [-0.1, -0.05) is 20.3 Å². The highest BCUT2D eigenvalue weighted by molar-refractivity contribution is 4.88. The van der Waals surface area contributed by atoms with E-state index in [1.165, 1.54) is 51.4 Å². The predicted octanol–water partition coefficient (Wildman–Crippen LogP) is 4.16. The van der Waals surface area contributed by atoms with Crippen molar-refractivity contribution in [3.05, 3.63) is 0 Å². The van der Waals surface area contributed by atoms with Gasteiger partial charge in [-0.2, -0.15) is 0 Å². The van der Waals surface area contributed by atoms with Crippen molar-refractivity contribution in [2.75, 3.05) is 13.2 Å². The molecule has 0 heterocycles. The van der Waals surface area contributed by atoms with Gasteiger partial charge >= 0.3 is 0 Å². The van der Waals surface area contributed by atoms with Gasteiger partial charge in [-0.15, -0.1) is 0 Å². The molecule has 15 heavy (non-hydrogen) atoms. The predicted molar refractivity (Wildman–Crippen MR) is 64.0 cm³/mol. The van der Waals surface area contributed by atoms with E-state index in [1.54, 1.807) is 0 Å². The molecule has 2 rings (SSSR count). The Morgan fingerprint density at radius 3 is 2.00 bits per heavy atom. The molecule has 0 N–H and O–H groups in total. The fraction of sp³-hybridized carbons (Fsp3) is 1.00. The maximum Gasteiger partial charge on any atom is 0.0471 e. The summed E-state index contributed by atoms with van der Waals surface area (Å²) < 4.78 is 5.68. The number of hydrogen-bond acceptors (Lipinski definition) is 1. The third-order valence-electron chi connectivity index (χ3n) is 4.38. The van der Waals surface area contributed by atoms with Gasteiger partial charge in [0.25, 0.3) is 0 Å². The zero-order valence-electron chi connectivity index (χ0n) is 10.5. The molecule has 0 spiro atoms. The van der Waals surface area contributed by atoms with Crippen LogP contribution in [0.2, 0.25) is 0 Å². The van der Waals surface area contributed by atoms with Crippen molar-refractivity contribution in [2.24, 2.45) is 10.8 Å². The van der Waals surface area contributed by atoms with Crippen LogP contribution in [0, 0.1) is 10.8 Å². The van der Waals surface area contributed by atoms with Crippen molar-refractivity contribution < 1.29 is 4.74 Å². The van der Waals surface area contributed by atoms with Crippen LogP contribution >= 0.6 is 0 Å². The second-order valence-corrected chi connectivity index (χ2v) is 6.44. The summed E-state index contributed by atoms with van der Waals surface area (Å²) in [5.41, 5.74) is 1.41. The average molecular weight is 210 g/mol. The van der Waals surface area contributed by atoms with Crippen LogP contribution in [-0.4, -0.2) is 13.2 Å². The molecule has 0 aromatic carbocycles. The Kier molecular flexibility index (Phi) is 3.39. The molecule has 0 amide bonds. The molecule has 2 saturated carbocycles. The molecule has 1 nitrogen and oxygen atoms in total. The standard InChI is InChI=1S/C14H26O/c1-13(6-7-13)5-3-4-11-15-12-10-14(2)8-9-14/h3-12H2,1-2H3. The first kappa shape index (κ1) is 11.4. The van der Waals surface area contributed by atoms with E-state index < -0.39 is 0 Å². The Labute approximate surface area is 94.6 Å². The molecule has 0 aliphatic heterocycles. The Balaban J connectivity index is 1.36. The van der Waals surface area contributed by atoms with Gasteiger partial charge in [-0.05, 0) is 55.8 Å². The van der Waals surface area contributed by atoms with Gasteiger partial charge < -0.3 is 4.74 Å². The Hall–Kier alpha value is -0.0400. The highest BCUT2D eigenvalue weighted by atomic mass is 16.5. The van der Waals surface area contributed by atoms with E-state index in [1.807, 2.05) is 0 Å². The molecule has 0 aromatic heterocycles. The number of unbranched alkanes of at least 4 members (excludes halogenated alkanes) is 1. The third-order valence-corrected chi connectivity index (χ3v) is 4.38. The van der Waals surface area contributed by atoms with Crippen LogP contribution < -0.4 is 0 Å². The second-order valence-electron chi connectivity index (χ2n) is 6.44. The van der Waals surface area contributed by atoms with E-state index in [9.17, 15) is 0 Å². The van der Waals surface area contributed by atoms with Gasteiger partial charge in [0.2, 0.25) is 0 Å². The molecule has 2 aliphatic carbocycles. The van der Waals surface area contributed by atoms with Gasteiger partial charge in [0.1, 0.15) is 0 Å². The minimum Gasteiger partial charge on any atom is -0.381 e. The average Bonchev–Trinajstić information content (AvgIpc) is 3.08. The van der Waals surface area contributed by atoms with Gasteiger partial charge in [-0.25, -0.2) is 0 Å². The van der Waals surface area contributed by atoms with E-state index in [2.05, 4.69) is 13.8 Å². The zero-order chi connectivity index (χ0) is 10.8. The molecule has 1 heteroatoms. The molecular weight excluding hydrogens is 184 g/mol. The monoisotopic (exact) mass is 210 g/mol. The summed E-state index contributed by atoms with van der Waals surface area (Å²) in [7, 11) is 0. The van der Waals surface area contributed by atoms with Crippen LogP contribution in [0.5, 0.6) is 0 Å². The summed E-state index contributed by atoms with van der Waals surface area (Å²) in [5, 5.41) is 0. The normalized spacial score (nSPS) is 25.2. The Bertz CT molecular complexity index is 179. The fourth-order valence-corrected chi connectivity index (χ4v) is 2.10. The summed E-state index contributed by atoms with van der Waals surface area (Å²) in [6.07, 6.45) is 11.1. The largest absolute Gasteiger partial charge is 0.381 e. The molecule has 0 bridgehead atoms. The minimum atomic E-state index is 0.668. The zero-order valence-corrected chi connectivity index (χ0v) is 10.5. The van der Waals surface area contributed by atoms with E-state index in [0.717, 1.165) is 18.6 Å². The SMILES string of the molecule is CC1(CCCCOCCC2(C)CC2)CC1. The third kappa shape index (κ3) is 4.14.